The first-order valence-electron chi connectivity index (χ1n) is 12.0. The van der Waals surface area contributed by atoms with Gasteiger partial charge in [0.25, 0.3) is 10.0 Å². The highest BCUT2D eigenvalue weighted by atomic mass is 79.9. The Labute approximate surface area is 227 Å². The quantitative estimate of drug-likeness (QED) is 0.370. The van der Waals surface area contributed by atoms with Gasteiger partial charge >= 0.3 is 0 Å². The number of nitrogens with zero attached hydrogens (tertiary/aromatic N) is 2. The maximum atomic E-state index is 13.8. The predicted molar refractivity (Wildman–Crippen MR) is 150 cm³/mol. The first kappa shape index (κ1) is 28.4. The Morgan fingerprint density at radius 1 is 0.973 bits per heavy atom. The number of benzene rings is 3. The van der Waals surface area contributed by atoms with Gasteiger partial charge < -0.3 is 10.2 Å². The first-order chi connectivity index (χ1) is 17.5. The van der Waals surface area contributed by atoms with Gasteiger partial charge in [-0.3, -0.25) is 13.9 Å². The Bertz CT molecular complexity index is 1360. The van der Waals surface area contributed by atoms with Gasteiger partial charge in [-0.05, 0) is 69.2 Å². The molecule has 0 heterocycles. The third-order valence-electron chi connectivity index (χ3n) is 6.03. The van der Waals surface area contributed by atoms with Gasteiger partial charge in [-0.25, -0.2) is 8.42 Å². The third kappa shape index (κ3) is 6.99. The van der Waals surface area contributed by atoms with Crippen molar-refractivity contribution in [3.05, 3.63) is 94.0 Å². The van der Waals surface area contributed by atoms with Gasteiger partial charge in [0.1, 0.15) is 12.6 Å². The van der Waals surface area contributed by atoms with Gasteiger partial charge in [0.15, 0.2) is 0 Å². The van der Waals surface area contributed by atoms with Gasteiger partial charge in [-0.2, -0.15) is 0 Å². The van der Waals surface area contributed by atoms with Gasteiger partial charge in [0.2, 0.25) is 11.8 Å². The lowest BCUT2D eigenvalue weighted by Crippen LogP contribution is -2.51. The number of anilines is 1. The number of nitrogens with one attached hydrogen (secondary N) is 1. The van der Waals surface area contributed by atoms with Gasteiger partial charge in [0.05, 0.1) is 10.6 Å². The average molecular weight is 587 g/mol. The summed E-state index contributed by atoms with van der Waals surface area (Å²) in [4.78, 5) is 28.1. The van der Waals surface area contributed by atoms with Crippen LogP contribution in [0.1, 0.15) is 30.5 Å². The number of rotatable bonds is 10. The van der Waals surface area contributed by atoms with E-state index in [-0.39, 0.29) is 17.3 Å². The molecular formula is C28H32BrN3O4S. The van der Waals surface area contributed by atoms with Gasteiger partial charge in [0, 0.05) is 17.6 Å². The zero-order valence-corrected chi connectivity index (χ0v) is 23.8. The standard InChI is InChI=1S/C28H32BrN3O4S/c1-5-30-28(34)22(4)31(18-23-10-8-11-24(29)17-23)27(33)19-32(26-12-7-6-9-21(26)3)37(35,36)25-15-13-20(2)14-16-25/h6-17,22H,5,18-19H2,1-4H3,(H,30,34). The number of hydrogen-bond donors (Lipinski definition) is 1. The molecule has 0 aromatic heterocycles. The summed E-state index contributed by atoms with van der Waals surface area (Å²) in [6, 6.07) is 20.2. The maximum Gasteiger partial charge on any atom is 0.264 e. The Morgan fingerprint density at radius 2 is 1.65 bits per heavy atom. The molecule has 0 aliphatic rings. The fourth-order valence-corrected chi connectivity index (χ4v) is 5.86. The van der Waals surface area contributed by atoms with E-state index in [1.165, 1.54) is 17.0 Å². The summed E-state index contributed by atoms with van der Waals surface area (Å²) in [6.07, 6.45) is 0. The van der Waals surface area contributed by atoms with E-state index in [1.807, 2.05) is 37.3 Å². The largest absolute Gasteiger partial charge is 0.355 e. The van der Waals surface area contributed by atoms with Crippen molar-refractivity contribution in [2.45, 2.75) is 45.2 Å². The highest BCUT2D eigenvalue weighted by Crippen LogP contribution is 2.27. The molecule has 3 rings (SSSR count). The SMILES string of the molecule is CCNC(=O)C(C)N(Cc1cccc(Br)c1)C(=O)CN(c1ccccc1C)S(=O)(=O)c1ccc(C)cc1. The summed E-state index contributed by atoms with van der Waals surface area (Å²) in [5.41, 5.74) is 2.85. The van der Waals surface area contributed by atoms with E-state index in [0.29, 0.717) is 17.8 Å². The number of sulfonamides is 1. The Balaban J connectivity index is 2.04. The van der Waals surface area contributed by atoms with Crippen LogP contribution in [-0.4, -0.2) is 44.3 Å². The molecule has 0 aliphatic heterocycles. The minimum Gasteiger partial charge on any atom is -0.355 e. The van der Waals surface area contributed by atoms with Crippen LogP contribution in [0.5, 0.6) is 0 Å². The van der Waals surface area contributed by atoms with E-state index < -0.39 is 28.5 Å². The summed E-state index contributed by atoms with van der Waals surface area (Å²) in [6.45, 7) is 7.23. The highest BCUT2D eigenvalue weighted by molar-refractivity contribution is 9.10. The van der Waals surface area contributed by atoms with Crippen LogP contribution in [0.4, 0.5) is 5.69 Å². The molecule has 0 aliphatic carbocycles. The predicted octanol–water partition coefficient (Wildman–Crippen LogP) is 4.81. The van der Waals surface area contributed by atoms with Crippen LogP contribution < -0.4 is 9.62 Å². The van der Waals surface area contributed by atoms with Crippen LogP contribution in [0.2, 0.25) is 0 Å². The second-order valence-corrected chi connectivity index (χ2v) is 11.6. The Morgan fingerprint density at radius 3 is 2.27 bits per heavy atom. The number of likely N-dealkylation sites (N-methyl/N-ethyl adjacent to an activating group) is 1. The molecule has 0 radical (unpaired) electrons. The summed E-state index contributed by atoms with van der Waals surface area (Å²) < 4.78 is 29.6. The second kappa shape index (κ2) is 12.4. The third-order valence-corrected chi connectivity index (χ3v) is 8.30. The monoisotopic (exact) mass is 585 g/mol. The summed E-state index contributed by atoms with van der Waals surface area (Å²) in [5.74, 6) is -0.799. The Kier molecular flexibility index (Phi) is 9.50. The van der Waals surface area contributed by atoms with Crippen LogP contribution in [0, 0.1) is 13.8 Å². The van der Waals surface area contributed by atoms with E-state index >= 15 is 0 Å². The lowest BCUT2D eigenvalue weighted by molar-refractivity contribution is -0.139. The average Bonchev–Trinajstić information content (AvgIpc) is 2.86. The normalized spacial score (nSPS) is 12.0. The number of carbonyl (C=O) groups excluding carboxylic acids is 2. The summed E-state index contributed by atoms with van der Waals surface area (Å²) in [5, 5.41) is 2.76. The fraction of sp³-hybridized carbons (Fsp3) is 0.286. The van der Waals surface area contributed by atoms with Crippen molar-refractivity contribution in [2.24, 2.45) is 0 Å². The highest BCUT2D eigenvalue weighted by Gasteiger charge is 2.33. The van der Waals surface area contributed by atoms with Crippen LogP contribution in [-0.2, 0) is 26.2 Å². The number of hydrogen-bond acceptors (Lipinski definition) is 4. The van der Waals surface area contributed by atoms with Gasteiger partial charge in [-0.15, -0.1) is 0 Å². The topological polar surface area (TPSA) is 86.8 Å². The molecule has 1 atom stereocenters. The molecule has 3 aromatic carbocycles. The van der Waals surface area contributed by atoms with Crippen molar-refractivity contribution in [2.75, 3.05) is 17.4 Å². The van der Waals surface area contributed by atoms with Crippen molar-refractivity contribution in [1.82, 2.24) is 10.2 Å². The van der Waals surface area contributed by atoms with Crippen LogP contribution in [0.25, 0.3) is 0 Å². The van der Waals surface area contributed by atoms with Crippen molar-refractivity contribution in [3.8, 4) is 0 Å². The number of aryl methyl sites for hydroxylation is 2. The van der Waals surface area contributed by atoms with E-state index in [9.17, 15) is 18.0 Å². The molecule has 2 amide bonds. The molecule has 0 saturated carbocycles. The lowest BCUT2D eigenvalue weighted by atomic mass is 10.1. The minimum atomic E-state index is -4.08. The summed E-state index contributed by atoms with van der Waals surface area (Å²) in [7, 11) is -4.08. The molecule has 0 spiro atoms. The fourth-order valence-electron chi connectivity index (χ4n) is 3.93. The first-order valence-corrected chi connectivity index (χ1v) is 14.2. The van der Waals surface area contributed by atoms with E-state index in [2.05, 4.69) is 21.2 Å². The smallest absolute Gasteiger partial charge is 0.264 e. The molecule has 0 saturated heterocycles. The molecule has 3 aromatic rings. The van der Waals surface area contributed by atoms with E-state index in [4.69, 9.17) is 0 Å². The number of amides is 2. The van der Waals surface area contributed by atoms with E-state index in [0.717, 1.165) is 19.9 Å². The van der Waals surface area contributed by atoms with Crippen LogP contribution >= 0.6 is 15.9 Å². The molecule has 37 heavy (non-hydrogen) atoms. The minimum absolute atomic E-state index is 0.0875. The molecule has 7 nitrogen and oxygen atoms in total. The molecule has 0 bridgehead atoms. The molecular weight excluding hydrogens is 554 g/mol. The molecule has 1 unspecified atom stereocenters. The zero-order valence-electron chi connectivity index (χ0n) is 21.4. The molecule has 0 fully saturated rings. The van der Waals surface area contributed by atoms with Crippen molar-refractivity contribution < 1.29 is 18.0 Å². The van der Waals surface area contributed by atoms with Crippen LogP contribution in [0.3, 0.4) is 0 Å². The van der Waals surface area contributed by atoms with Crippen molar-refractivity contribution >= 4 is 43.5 Å². The molecule has 1 N–H and O–H groups in total. The second-order valence-electron chi connectivity index (χ2n) is 8.83. The van der Waals surface area contributed by atoms with Crippen LogP contribution in [0.15, 0.2) is 82.2 Å². The van der Waals surface area contributed by atoms with E-state index in [1.54, 1.807) is 51.1 Å². The lowest BCUT2D eigenvalue weighted by Gasteiger charge is -2.32. The molecule has 196 valence electrons. The molecule has 9 heteroatoms. The summed E-state index contributed by atoms with van der Waals surface area (Å²) >= 11 is 3.45. The maximum absolute atomic E-state index is 13.8. The Hall–Kier alpha value is -3.17. The zero-order chi connectivity index (χ0) is 27.2. The number of halogens is 1. The van der Waals surface area contributed by atoms with Crippen molar-refractivity contribution in [1.29, 1.82) is 0 Å². The number of carbonyl (C=O) groups is 2. The van der Waals surface area contributed by atoms with Crippen molar-refractivity contribution in [3.63, 3.8) is 0 Å². The van der Waals surface area contributed by atoms with Gasteiger partial charge in [-0.1, -0.05) is 64.0 Å². The number of para-hydroxylation sites is 1.